The maximum Gasteiger partial charge on any atom is 0.449 e. The molecule has 1 aromatic carbocycles. The lowest BCUT2D eigenvalue weighted by molar-refractivity contribution is -0.147. The molecule has 5 nitrogen and oxygen atoms in total. The first-order valence-electron chi connectivity index (χ1n) is 8.71. The summed E-state index contributed by atoms with van der Waals surface area (Å²) in [7, 11) is 2.03. The Morgan fingerprint density at radius 2 is 2.12 bits per heavy atom. The summed E-state index contributed by atoms with van der Waals surface area (Å²) in [5.74, 6) is -0.817. The summed E-state index contributed by atoms with van der Waals surface area (Å²) < 4.78 is 47.3. The van der Waals surface area contributed by atoms with Gasteiger partial charge in [-0.2, -0.15) is 13.2 Å². The van der Waals surface area contributed by atoms with E-state index >= 15 is 0 Å². The summed E-state index contributed by atoms with van der Waals surface area (Å²) in [6.07, 6.45) is -4.54. The average Bonchev–Trinajstić information content (AvgIpc) is 3.02. The van der Waals surface area contributed by atoms with Gasteiger partial charge in [0, 0.05) is 38.3 Å². The highest BCUT2D eigenvalue weighted by molar-refractivity contribution is 5.64. The third-order valence-electron chi connectivity index (χ3n) is 4.93. The number of halogens is 3. The van der Waals surface area contributed by atoms with Crippen molar-refractivity contribution in [3.8, 4) is 11.3 Å². The van der Waals surface area contributed by atoms with Crippen molar-refractivity contribution < 1.29 is 17.9 Å². The van der Waals surface area contributed by atoms with Crippen LogP contribution in [0.2, 0.25) is 0 Å². The van der Waals surface area contributed by atoms with Crippen molar-refractivity contribution in [3.63, 3.8) is 0 Å². The number of aromatic nitrogens is 2. The lowest BCUT2D eigenvalue weighted by Crippen LogP contribution is -2.35. The summed E-state index contributed by atoms with van der Waals surface area (Å²) in [5, 5.41) is 3.14. The fraction of sp³-hybridized carbons (Fsp3) is 0.500. The Bertz CT molecular complexity index is 802. The second-order valence-electron chi connectivity index (χ2n) is 6.80. The highest BCUT2D eigenvalue weighted by Crippen LogP contribution is 2.35. The number of nitrogens with zero attached hydrogens (tertiary/aromatic N) is 3. The monoisotopic (exact) mass is 366 g/mol. The van der Waals surface area contributed by atoms with E-state index in [-0.39, 0.29) is 12.6 Å². The van der Waals surface area contributed by atoms with E-state index in [1.165, 1.54) is 4.57 Å². The van der Waals surface area contributed by atoms with Gasteiger partial charge >= 0.3 is 6.18 Å². The van der Waals surface area contributed by atoms with Crippen LogP contribution >= 0.6 is 0 Å². The van der Waals surface area contributed by atoms with Crippen LogP contribution in [0.15, 0.2) is 24.3 Å². The molecule has 26 heavy (non-hydrogen) atoms. The Morgan fingerprint density at radius 3 is 2.88 bits per heavy atom. The van der Waals surface area contributed by atoms with Crippen molar-refractivity contribution in [1.82, 2.24) is 19.8 Å². The molecule has 0 spiro atoms. The van der Waals surface area contributed by atoms with Gasteiger partial charge in [0.2, 0.25) is 5.82 Å². The molecule has 0 radical (unpaired) electrons. The first-order chi connectivity index (χ1) is 12.4. The topological polar surface area (TPSA) is 42.3 Å². The van der Waals surface area contributed by atoms with E-state index in [1.807, 2.05) is 31.3 Å². The Labute approximate surface area is 149 Å². The zero-order valence-electron chi connectivity index (χ0n) is 14.5. The standard InChI is InChI=1S/C18H21F3N4O/c1-24-7-8-26-15(11-24)12-3-2-4-13(9-12)16-14-10-22-5-6-25(14)17(23-16)18(19,20)21/h2-4,9,15,22H,5-8,10-11H2,1H3. The first-order valence-corrected chi connectivity index (χ1v) is 8.71. The van der Waals surface area contributed by atoms with Crippen LogP contribution in [0.1, 0.15) is 23.2 Å². The number of likely N-dealkylation sites (N-methyl/N-ethyl adjacent to an activating group) is 1. The predicted molar refractivity (Wildman–Crippen MR) is 90.6 cm³/mol. The van der Waals surface area contributed by atoms with Gasteiger partial charge in [-0.3, -0.25) is 0 Å². The minimum atomic E-state index is -4.46. The Morgan fingerprint density at radius 1 is 1.27 bits per heavy atom. The lowest BCUT2D eigenvalue weighted by Gasteiger charge is -2.30. The van der Waals surface area contributed by atoms with Gasteiger partial charge in [-0.1, -0.05) is 18.2 Å². The molecule has 2 aromatic rings. The van der Waals surface area contributed by atoms with E-state index in [9.17, 15) is 13.2 Å². The van der Waals surface area contributed by atoms with Crippen LogP contribution in [0.3, 0.4) is 0 Å². The molecular weight excluding hydrogens is 345 g/mol. The largest absolute Gasteiger partial charge is 0.449 e. The number of rotatable bonds is 2. The number of hydrogen-bond acceptors (Lipinski definition) is 4. The molecule has 1 atom stereocenters. The maximum absolute atomic E-state index is 13.4. The summed E-state index contributed by atoms with van der Waals surface area (Å²) in [4.78, 5) is 6.17. The highest BCUT2D eigenvalue weighted by Gasteiger charge is 2.39. The van der Waals surface area contributed by atoms with E-state index in [1.54, 1.807) is 0 Å². The molecule has 2 aliphatic rings. The van der Waals surface area contributed by atoms with Crippen LogP contribution < -0.4 is 5.32 Å². The Balaban J connectivity index is 1.74. The summed E-state index contributed by atoms with van der Waals surface area (Å²) in [6, 6.07) is 7.53. The summed E-state index contributed by atoms with van der Waals surface area (Å²) >= 11 is 0. The highest BCUT2D eigenvalue weighted by atomic mass is 19.4. The molecule has 140 valence electrons. The molecule has 0 bridgehead atoms. The molecule has 1 saturated heterocycles. The van der Waals surface area contributed by atoms with Crippen molar-refractivity contribution in [1.29, 1.82) is 0 Å². The van der Waals surface area contributed by atoms with Crippen LogP contribution in [0.25, 0.3) is 11.3 Å². The maximum atomic E-state index is 13.4. The van der Waals surface area contributed by atoms with Gasteiger partial charge in [-0.25, -0.2) is 4.98 Å². The molecule has 1 fully saturated rings. The fourth-order valence-corrected chi connectivity index (χ4v) is 3.62. The quantitative estimate of drug-likeness (QED) is 0.888. The Hall–Kier alpha value is -1.90. The smallest absolute Gasteiger partial charge is 0.371 e. The number of morpholine rings is 1. The molecule has 1 N–H and O–H groups in total. The van der Waals surface area contributed by atoms with Crippen LogP contribution in [-0.2, 0) is 24.0 Å². The SMILES string of the molecule is CN1CCOC(c2cccc(-c3nc(C(F)(F)F)n4c3CNCC4)c2)C1. The Kier molecular flexibility index (Phi) is 4.50. The third-order valence-corrected chi connectivity index (χ3v) is 4.93. The number of nitrogens with one attached hydrogen (secondary N) is 1. The number of ether oxygens (including phenoxy) is 1. The van der Waals surface area contributed by atoms with Crippen molar-refractivity contribution >= 4 is 0 Å². The predicted octanol–water partition coefficient (Wildman–Crippen LogP) is 2.68. The molecule has 0 amide bonds. The van der Waals surface area contributed by atoms with Gasteiger partial charge in [0.1, 0.15) is 0 Å². The van der Waals surface area contributed by atoms with E-state index in [0.29, 0.717) is 36.6 Å². The van der Waals surface area contributed by atoms with E-state index in [0.717, 1.165) is 18.7 Å². The van der Waals surface area contributed by atoms with E-state index < -0.39 is 12.0 Å². The molecule has 8 heteroatoms. The summed E-state index contributed by atoms with van der Waals surface area (Å²) in [6.45, 7) is 3.45. The molecule has 1 aromatic heterocycles. The molecular formula is C18H21F3N4O. The first kappa shape index (κ1) is 17.5. The third kappa shape index (κ3) is 3.24. The van der Waals surface area contributed by atoms with Crippen molar-refractivity contribution in [2.75, 3.05) is 33.3 Å². The van der Waals surface area contributed by atoms with E-state index in [2.05, 4.69) is 15.2 Å². The second kappa shape index (κ2) is 6.68. The number of hydrogen-bond donors (Lipinski definition) is 1. The number of benzene rings is 1. The van der Waals surface area contributed by atoms with Crippen LogP contribution in [-0.4, -0.2) is 47.7 Å². The van der Waals surface area contributed by atoms with Gasteiger partial charge in [0.25, 0.3) is 0 Å². The van der Waals surface area contributed by atoms with Crippen LogP contribution in [0, 0.1) is 0 Å². The average molecular weight is 366 g/mol. The van der Waals surface area contributed by atoms with E-state index in [4.69, 9.17) is 4.74 Å². The summed E-state index contributed by atoms with van der Waals surface area (Å²) in [5.41, 5.74) is 2.65. The lowest BCUT2D eigenvalue weighted by atomic mass is 10.0. The minimum absolute atomic E-state index is 0.0765. The zero-order valence-corrected chi connectivity index (χ0v) is 14.5. The van der Waals surface area contributed by atoms with Crippen molar-refractivity contribution in [3.05, 3.63) is 41.3 Å². The number of imidazole rings is 1. The normalized spacial score (nSPS) is 21.6. The minimum Gasteiger partial charge on any atom is -0.371 e. The van der Waals surface area contributed by atoms with Gasteiger partial charge in [-0.15, -0.1) is 0 Å². The molecule has 0 aliphatic carbocycles. The van der Waals surface area contributed by atoms with Gasteiger partial charge < -0.3 is 19.5 Å². The fourth-order valence-electron chi connectivity index (χ4n) is 3.62. The van der Waals surface area contributed by atoms with Crippen molar-refractivity contribution in [2.45, 2.75) is 25.4 Å². The number of alkyl halides is 3. The van der Waals surface area contributed by atoms with Gasteiger partial charge in [0.15, 0.2) is 0 Å². The van der Waals surface area contributed by atoms with Gasteiger partial charge in [-0.05, 0) is 18.7 Å². The molecule has 4 rings (SSSR count). The van der Waals surface area contributed by atoms with Crippen molar-refractivity contribution in [2.24, 2.45) is 0 Å². The van der Waals surface area contributed by atoms with Crippen LogP contribution in [0.5, 0.6) is 0 Å². The second-order valence-corrected chi connectivity index (χ2v) is 6.80. The van der Waals surface area contributed by atoms with Gasteiger partial charge in [0.05, 0.1) is 24.1 Å². The molecule has 0 saturated carbocycles. The van der Waals surface area contributed by atoms with Crippen LogP contribution in [0.4, 0.5) is 13.2 Å². The molecule has 3 heterocycles. The molecule has 2 aliphatic heterocycles. The molecule has 1 unspecified atom stereocenters. The zero-order chi connectivity index (χ0) is 18.3. The number of fused-ring (bicyclic) bond motifs is 1.